The number of aliphatic hydroxyl groups excluding tert-OH is 1. The molecule has 0 spiro atoms. The summed E-state index contributed by atoms with van der Waals surface area (Å²) in [5.41, 5.74) is 2.76. The van der Waals surface area contributed by atoms with Crippen LogP contribution in [0, 0.1) is 5.92 Å². The number of amides is 1. The fourth-order valence-electron chi connectivity index (χ4n) is 3.01. The van der Waals surface area contributed by atoms with Gasteiger partial charge in [0.25, 0.3) is 0 Å². The highest BCUT2D eigenvalue weighted by atomic mass is 32.2. The van der Waals surface area contributed by atoms with Gasteiger partial charge < -0.3 is 10.4 Å². The first kappa shape index (κ1) is 21.4. The number of hydrogen-bond acceptors (Lipinski definition) is 5. The van der Waals surface area contributed by atoms with Gasteiger partial charge in [0.05, 0.1) is 17.8 Å². The number of rotatable bonds is 9. The average Bonchev–Trinajstić information content (AvgIpc) is 3.56. The molecule has 0 radical (unpaired) electrons. The fourth-order valence-corrected chi connectivity index (χ4v) is 3.46. The molecule has 2 aromatic rings. The molecule has 3 rings (SSSR count). The van der Waals surface area contributed by atoms with E-state index in [2.05, 4.69) is 15.0 Å². The molecule has 1 aliphatic rings. The van der Waals surface area contributed by atoms with Gasteiger partial charge in [0.15, 0.2) is 0 Å². The van der Waals surface area contributed by atoms with Crippen LogP contribution in [0.15, 0.2) is 42.6 Å². The van der Waals surface area contributed by atoms with Crippen LogP contribution in [0.4, 0.5) is 4.39 Å². The summed E-state index contributed by atoms with van der Waals surface area (Å²) in [6.45, 7) is 0.848. The molecule has 1 aromatic carbocycles. The van der Waals surface area contributed by atoms with Crippen molar-refractivity contribution in [2.45, 2.75) is 38.0 Å². The SMILES string of the molecule is CC(N[SH](=O)=O)c1ccc(-c2ccc([C@@H](O)[C@@H](CF)NC(=O)C3CC3)cc2)cn1. The summed E-state index contributed by atoms with van der Waals surface area (Å²) in [4.78, 5) is 16.1. The van der Waals surface area contributed by atoms with Crippen molar-refractivity contribution < 1.29 is 22.7 Å². The summed E-state index contributed by atoms with van der Waals surface area (Å²) in [7, 11) is -2.70. The summed E-state index contributed by atoms with van der Waals surface area (Å²) >= 11 is 0. The van der Waals surface area contributed by atoms with Crippen molar-refractivity contribution in [3.8, 4) is 11.1 Å². The highest BCUT2D eigenvalue weighted by molar-refractivity contribution is 7.70. The molecule has 0 aliphatic heterocycles. The van der Waals surface area contributed by atoms with E-state index in [0.717, 1.165) is 24.0 Å². The molecule has 1 aliphatic carbocycles. The van der Waals surface area contributed by atoms with E-state index in [4.69, 9.17) is 0 Å². The highest BCUT2D eigenvalue weighted by Gasteiger charge is 2.33. The third kappa shape index (κ3) is 5.59. The van der Waals surface area contributed by atoms with E-state index in [9.17, 15) is 22.7 Å². The quantitative estimate of drug-likeness (QED) is 0.462. The maximum absolute atomic E-state index is 13.3. The van der Waals surface area contributed by atoms with Crippen molar-refractivity contribution >= 4 is 16.8 Å². The molecule has 0 bridgehead atoms. The number of alkyl halides is 1. The van der Waals surface area contributed by atoms with Crippen molar-refractivity contribution in [1.29, 1.82) is 0 Å². The van der Waals surface area contributed by atoms with E-state index in [1.807, 2.05) is 6.07 Å². The molecule has 1 aromatic heterocycles. The Morgan fingerprint density at radius 1 is 1.21 bits per heavy atom. The van der Waals surface area contributed by atoms with Gasteiger partial charge in [-0.1, -0.05) is 30.3 Å². The third-order valence-corrected chi connectivity index (χ3v) is 5.54. The summed E-state index contributed by atoms with van der Waals surface area (Å²) < 4.78 is 37.2. The average molecular weight is 421 g/mol. The number of halogens is 1. The zero-order valence-electron chi connectivity index (χ0n) is 15.9. The lowest BCUT2D eigenvalue weighted by Gasteiger charge is -2.22. The first-order chi connectivity index (χ1) is 13.9. The molecule has 3 N–H and O–H groups in total. The molecular formula is C20H24FN3O4S. The Morgan fingerprint density at radius 2 is 1.86 bits per heavy atom. The van der Waals surface area contributed by atoms with Crippen molar-refractivity contribution in [2.24, 2.45) is 5.92 Å². The minimum atomic E-state index is -2.70. The van der Waals surface area contributed by atoms with Gasteiger partial charge in [0, 0.05) is 17.7 Å². The van der Waals surface area contributed by atoms with Crippen LogP contribution in [-0.4, -0.2) is 37.1 Å². The standard InChI is InChI=1S/C20H24FN3O4S/c1-12(24-29(27)28)17-9-8-16(11-22-17)13-2-4-14(5-3-13)19(25)18(10-21)23-20(26)15-6-7-15/h2-5,8-9,11-12,15,18-19,25,29H,6-7,10H2,1H3,(H,23,26)(H,24,27,28)/t12?,18-,19-/m1/s1. The normalized spacial score (nSPS) is 17.0. The van der Waals surface area contributed by atoms with Crippen molar-refractivity contribution in [3.05, 3.63) is 53.9 Å². The van der Waals surface area contributed by atoms with E-state index < -0.39 is 35.8 Å². The van der Waals surface area contributed by atoms with Crippen LogP contribution >= 0.6 is 0 Å². The number of nitrogens with zero attached hydrogens (tertiary/aromatic N) is 1. The van der Waals surface area contributed by atoms with E-state index in [1.165, 1.54) is 0 Å². The Kier molecular flexibility index (Phi) is 6.94. The van der Waals surface area contributed by atoms with Crippen molar-refractivity contribution in [3.63, 3.8) is 0 Å². The van der Waals surface area contributed by atoms with Crippen molar-refractivity contribution in [2.75, 3.05) is 6.67 Å². The second-order valence-corrected chi connectivity index (χ2v) is 7.96. The molecule has 9 heteroatoms. The van der Waals surface area contributed by atoms with Crippen LogP contribution in [0.2, 0.25) is 0 Å². The van der Waals surface area contributed by atoms with E-state index >= 15 is 0 Å². The predicted octanol–water partition coefficient (Wildman–Crippen LogP) is 1.82. The Morgan fingerprint density at radius 3 is 2.38 bits per heavy atom. The summed E-state index contributed by atoms with van der Waals surface area (Å²) in [6, 6.07) is 9.10. The third-order valence-electron chi connectivity index (χ3n) is 4.94. The lowest BCUT2D eigenvalue weighted by atomic mass is 9.99. The van der Waals surface area contributed by atoms with Gasteiger partial charge >= 0.3 is 0 Å². The van der Waals surface area contributed by atoms with Gasteiger partial charge in [-0.2, -0.15) is 0 Å². The topological polar surface area (TPSA) is 108 Å². The van der Waals surface area contributed by atoms with E-state index in [0.29, 0.717) is 11.3 Å². The van der Waals surface area contributed by atoms with Gasteiger partial charge in [-0.15, -0.1) is 0 Å². The molecule has 7 nitrogen and oxygen atoms in total. The number of hydrogen-bond donors (Lipinski definition) is 4. The van der Waals surface area contributed by atoms with Gasteiger partial charge in [-0.25, -0.2) is 17.5 Å². The van der Waals surface area contributed by atoms with Crippen molar-refractivity contribution in [1.82, 2.24) is 15.0 Å². The number of thiol groups is 1. The lowest BCUT2D eigenvalue weighted by molar-refractivity contribution is -0.124. The number of carbonyl (C=O) groups excluding carboxylic acids is 1. The molecule has 1 unspecified atom stereocenters. The summed E-state index contributed by atoms with van der Waals surface area (Å²) in [6.07, 6.45) is 2.12. The minimum absolute atomic E-state index is 0.0544. The van der Waals surface area contributed by atoms with Crippen LogP contribution in [-0.2, 0) is 15.7 Å². The van der Waals surface area contributed by atoms with Gasteiger partial charge in [-0.3, -0.25) is 9.78 Å². The second-order valence-electron chi connectivity index (χ2n) is 7.19. The summed E-state index contributed by atoms with van der Waals surface area (Å²) in [5, 5.41) is 13.0. The second kappa shape index (κ2) is 9.43. The van der Waals surface area contributed by atoms with Crippen LogP contribution in [0.3, 0.4) is 0 Å². The van der Waals surface area contributed by atoms with Crippen LogP contribution in [0.1, 0.15) is 43.2 Å². The Bertz CT molecular complexity index is 906. The lowest BCUT2D eigenvalue weighted by Crippen LogP contribution is -2.41. The van der Waals surface area contributed by atoms with Gasteiger partial charge in [-0.05, 0) is 37.0 Å². The monoisotopic (exact) mass is 421 g/mol. The number of pyridine rings is 1. The Hall–Kier alpha value is -2.36. The number of benzene rings is 1. The molecule has 3 atom stereocenters. The van der Waals surface area contributed by atoms with Gasteiger partial charge in [0.2, 0.25) is 16.8 Å². The fraction of sp³-hybridized carbons (Fsp3) is 0.400. The van der Waals surface area contributed by atoms with E-state index in [1.54, 1.807) is 43.5 Å². The van der Waals surface area contributed by atoms with Crippen LogP contribution in [0.25, 0.3) is 11.1 Å². The van der Waals surface area contributed by atoms with Gasteiger partial charge in [0.1, 0.15) is 12.8 Å². The van der Waals surface area contributed by atoms with Crippen LogP contribution in [0.5, 0.6) is 0 Å². The maximum atomic E-state index is 13.3. The molecule has 1 saturated carbocycles. The molecule has 29 heavy (non-hydrogen) atoms. The first-order valence-electron chi connectivity index (χ1n) is 9.40. The zero-order valence-corrected chi connectivity index (χ0v) is 16.8. The van der Waals surface area contributed by atoms with Crippen LogP contribution < -0.4 is 10.0 Å². The number of aromatic nitrogens is 1. The molecule has 1 fully saturated rings. The summed E-state index contributed by atoms with van der Waals surface area (Å²) in [5.74, 6) is -0.263. The number of nitrogens with one attached hydrogen (secondary N) is 2. The largest absolute Gasteiger partial charge is 0.386 e. The number of aliphatic hydroxyl groups is 1. The Balaban J connectivity index is 1.67. The molecule has 156 valence electrons. The minimum Gasteiger partial charge on any atom is -0.386 e. The number of carbonyl (C=O) groups is 1. The molecular weight excluding hydrogens is 397 g/mol. The van der Waals surface area contributed by atoms with E-state index in [-0.39, 0.29) is 11.8 Å². The molecule has 0 saturated heterocycles. The molecule has 1 heterocycles. The maximum Gasteiger partial charge on any atom is 0.223 e. The smallest absolute Gasteiger partial charge is 0.223 e. The Labute approximate surface area is 170 Å². The predicted molar refractivity (Wildman–Crippen MR) is 107 cm³/mol. The highest BCUT2D eigenvalue weighted by Crippen LogP contribution is 2.30. The molecule has 1 amide bonds. The zero-order chi connectivity index (χ0) is 21.0. The first-order valence-corrected chi connectivity index (χ1v) is 10.6.